The molecule has 0 atom stereocenters. The Labute approximate surface area is 123 Å². The van der Waals surface area contributed by atoms with Gasteiger partial charge in [-0.1, -0.05) is 5.16 Å². The van der Waals surface area contributed by atoms with Crippen molar-refractivity contribution < 1.29 is 18.8 Å². The summed E-state index contributed by atoms with van der Waals surface area (Å²) in [6.07, 6.45) is 0.678. The fourth-order valence-corrected chi connectivity index (χ4v) is 2.37. The topological polar surface area (TPSA) is 100 Å². The zero-order valence-electron chi connectivity index (χ0n) is 10.8. The van der Waals surface area contributed by atoms with Gasteiger partial charge in [0.25, 0.3) is 0 Å². The van der Waals surface area contributed by atoms with E-state index >= 15 is 0 Å². The minimum Gasteiger partial charge on any atom is -0.492 e. The maximum absolute atomic E-state index is 11.1. The van der Waals surface area contributed by atoms with Gasteiger partial charge in [0.2, 0.25) is 11.7 Å². The standard InChI is InChI=1S/C12H12BrN3O4/c1-18-10-6(5-17)3-7(13)9(11(10)19-2)12-15-8(4-14)20-16-12/h3,5H,4,14H2,1-2H3. The highest BCUT2D eigenvalue weighted by Crippen LogP contribution is 2.43. The Balaban J connectivity index is 2.71. The second-order valence-electron chi connectivity index (χ2n) is 3.72. The Morgan fingerprint density at radius 1 is 1.40 bits per heavy atom. The molecule has 0 unspecified atom stereocenters. The van der Waals surface area contributed by atoms with Crippen molar-refractivity contribution in [3.05, 3.63) is 22.0 Å². The molecule has 1 aromatic carbocycles. The molecule has 2 N–H and O–H groups in total. The smallest absolute Gasteiger partial charge is 0.240 e. The lowest BCUT2D eigenvalue weighted by Crippen LogP contribution is -2.00. The number of ether oxygens (including phenoxy) is 2. The first-order valence-electron chi connectivity index (χ1n) is 5.58. The van der Waals surface area contributed by atoms with Crippen LogP contribution >= 0.6 is 15.9 Å². The van der Waals surface area contributed by atoms with Crippen molar-refractivity contribution >= 4 is 22.2 Å². The number of nitrogens with two attached hydrogens (primary N) is 1. The van der Waals surface area contributed by atoms with E-state index in [9.17, 15) is 4.79 Å². The van der Waals surface area contributed by atoms with Gasteiger partial charge in [-0.15, -0.1) is 0 Å². The van der Waals surface area contributed by atoms with E-state index in [1.54, 1.807) is 6.07 Å². The minimum atomic E-state index is 0.135. The molecule has 0 saturated heterocycles. The van der Waals surface area contributed by atoms with E-state index in [1.165, 1.54) is 14.2 Å². The van der Waals surface area contributed by atoms with Gasteiger partial charge < -0.3 is 19.7 Å². The van der Waals surface area contributed by atoms with Crippen molar-refractivity contribution in [2.45, 2.75) is 6.54 Å². The highest BCUT2D eigenvalue weighted by atomic mass is 79.9. The Morgan fingerprint density at radius 3 is 2.60 bits per heavy atom. The summed E-state index contributed by atoms with van der Waals surface area (Å²) in [7, 11) is 2.91. The molecule has 8 heteroatoms. The number of methoxy groups -OCH3 is 2. The quantitative estimate of drug-likeness (QED) is 0.827. The Bertz CT molecular complexity index is 642. The molecule has 0 aliphatic heterocycles. The highest BCUT2D eigenvalue weighted by Gasteiger charge is 2.23. The molecule has 0 radical (unpaired) electrons. The number of nitrogens with zero attached hydrogens (tertiary/aromatic N) is 2. The van der Waals surface area contributed by atoms with Gasteiger partial charge in [0, 0.05) is 4.47 Å². The van der Waals surface area contributed by atoms with Crippen molar-refractivity contribution in [2.75, 3.05) is 14.2 Å². The minimum absolute atomic E-state index is 0.135. The van der Waals surface area contributed by atoms with Crippen LogP contribution in [0, 0.1) is 0 Å². The fraction of sp³-hybridized carbons (Fsp3) is 0.250. The molecule has 7 nitrogen and oxygen atoms in total. The molecule has 0 aliphatic carbocycles. The molecule has 2 aromatic rings. The number of halogens is 1. The molecule has 1 heterocycles. The predicted molar refractivity (Wildman–Crippen MR) is 73.8 cm³/mol. The molecule has 0 aliphatic rings. The van der Waals surface area contributed by atoms with Gasteiger partial charge >= 0.3 is 0 Å². The van der Waals surface area contributed by atoms with E-state index in [0.29, 0.717) is 45.1 Å². The molecule has 0 saturated carbocycles. The maximum atomic E-state index is 11.1. The fourth-order valence-electron chi connectivity index (χ4n) is 1.77. The van der Waals surface area contributed by atoms with E-state index in [4.69, 9.17) is 19.7 Å². The lowest BCUT2D eigenvalue weighted by molar-refractivity contribution is 0.112. The summed E-state index contributed by atoms with van der Waals surface area (Å²) in [4.78, 5) is 15.2. The largest absolute Gasteiger partial charge is 0.492 e. The zero-order chi connectivity index (χ0) is 14.7. The van der Waals surface area contributed by atoms with Gasteiger partial charge in [-0.2, -0.15) is 4.98 Å². The number of hydrogen-bond donors (Lipinski definition) is 1. The molecular formula is C12H12BrN3O4. The van der Waals surface area contributed by atoms with Crippen molar-refractivity contribution in [3.8, 4) is 22.9 Å². The third-order valence-corrected chi connectivity index (χ3v) is 3.24. The van der Waals surface area contributed by atoms with Gasteiger partial charge in [-0.25, -0.2) is 0 Å². The number of benzene rings is 1. The molecule has 0 bridgehead atoms. The van der Waals surface area contributed by atoms with Crippen LogP contribution in [0.5, 0.6) is 11.5 Å². The van der Waals surface area contributed by atoms with Crippen molar-refractivity contribution in [1.82, 2.24) is 10.1 Å². The normalized spacial score (nSPS) is 10.4. The first kappa shape index (κ1) is 14.5. The summed E-state index contributed by atoms with van der Waals surface area (Å²) < 4.78 is 16.1. The zero-order valence-corrected chi connectivity index (χ0v) is 12.4. The first-order chi connectivity index (χ1) is 9.65. The van der Waals surface area contributed by atoms with Crippen LogP contribution < -0.4 is 15.2 Å². The average molecular weight is 342 g/mol. The lowest BCUT2D eigenvalue weighted by Gasteiger charge is -2.14. The van der Waals surface area contributed by atoms with Crippen molar-refractivity contribution in [3.63, 3.8) is 0 Å². The number of aldehydes is 1. The summed E-state index contributed by atoms with van der Waals surface area (Å²) in [5, 5.41) is 3.84. The average Bonchev–Trinajstić information content (AvgIpc) is 2.94. The van der Waals surface area contributed by atoms with E-state index in [0.717, 1.165) is 0 Å². The Hall–Kier alpha value is -1.93. The summed E-state index contributed by atoms with van der Waals surface area (Å²) in [5.41, 5.74) is 6.32. The predicted octanol–water partition coefficient (Wildman–Crippen LogP) is 1.79. The molecule has 2 rings (SSSR count). The monoisotopic (exact) mass is 341 g/mol. The number of hydrogen-bond acceptors (Lipinski definition) is 7. The molecular weight excluding hydrogens is 330 g/mol. The van der Waals surface area contributed by atoms with Gasteiger partial charge in [-0.3, -0.25) is 4.79 Å². The third kappa shape index (κ3) is 2.39. The Morgan fingerprint density at radius 2 is 2.10 bits per heavy atom. The number of rotatable bonds is 5. The molecule has 1 aromatic heterocycles. The molecule has 0 fully saturated rings. The number of aromatic nitrogens is 2. The lowest BCUT2D eigenvalue weighted by atomic mass is 10.1. The van der Waals surface area contributed by atoms with Crippen LogP contribution in [0.1, 0.15) is 16.2 Å². The van der Waals surface area contributed by atoms with Crippen LogP contribution in [-0.4, -0.2) is 30.6 Å². The van der Waals surface area contributed by atoms with Gasteiger partial charge in [-0.05, 0) is 22.0 Å². The number of carbonyl (C=O) groups is 1. The van der Waals surface area contributed by atoms with E-state index in [2.05, 4.69) is 26.1 Å². The summed E-state index contributed by atoms with van der Waals surface area (Å²) in [6, 6.07) is 1.60. The number of carbonyl (C=O) groups excluding carboxylic acids is 1. The highest BCUT2D eigenvalue weighted by molar-refractivity contribution is 9.10. The first-order valence-corrected chi connectivity index (χ1v) is 6.38. The molecule has 106 valence electrons. The van der Waals surface area contributed by atoms with E-state index < -0.39 is 0 Å². The van der Waals surface area contributed by atoms with Crippen LogP contribution in [0.4, 0.5) is 0 Å². The van der Waals surface area contributed by atoms with Gasteiger partial charge in [0.1, 0.15) is 0 Å². The third-order valence-electron chi connectivity index (χ3n) is 2.62. The van der Waals surface area contributed by atoms with Crippen molar-refractivity contribution in [2.24, 2.45) is 5.73 Å². The Kier molecular flexibility index (Phi) is 4.35. The summed E-state index contributed by atoms with van der Waals surface area (Å²) in [6.45, 7) is 0.135. The summed E-state index contributed by atoms with van der Waals surface area (Å²) in [5.74, 6) is 1.24. The van der Waals surface area contributed by atoms with Crippen LogP contribution in [0.15, 0.2) is 15.1 Å². The molecule has 20 heavy (non-hydrogen) atoms. The second-order valence-corrected chi connectivity index (χ2v) is 4.58. The summed E-state index contributed by atoms with van der Waals surface area (Å²) >= 11 is 3.36. The molecule has 0 amide bonds. The van der Waals surface area contributed by atoms with Gasteiger partial charge in [0.15, 0.2) is 17.8 Å². The molecule has 0 spiro atoms. The second kappa shape index (κ2) is 6.02. The van der Waals surface area contributed by atoms with Crippen LogP contribution in [-0.2, 0) is 6.54 Å². The van der Waals surface area contributed by atoms with Crippen LogP contribution in [0.3, 0.4) is 0 Å². The van der Waals surface area contributed by atoms with E-state index in [1.807, 2.05) is 0 Å². The maximum Gasteiger partial charge on any atom is 0.240 e. The van der Waals surface area contributed by atoms with E-state index in [-0.39, 0.29) is 6.54 Å². The van der Waals surface area contributed by atoms with Crippen LogP contribution in [0.2, 0.25) is 0 Å². The van der Waals surface area contributed by atoms with Gasteiger partial charge in [0.05, 0.1) is 31.9 Å². The van der Waals surface area contributed by atoms with Crippen molar-refractivity contribution in [1.29, 1.82) is 0 Å². The van der Waals surface area contributed by atoms with Crippen LogP contribution in [0.25, 0.3) is 11.4 Å². The SMILES string of the molecule is COc1c(C=O)cc(Br)c(-c2noc(CN)n2)c1OC.